The summed E-state index contributed by atoms with van der Waals surface area (Å²) in [6.45, 7) is 4.93. The molecule has 0 unspecified atom stereocenters. The molecule has 0 saturated heterocycles. The van der Waals surface area contributed by atoms with E-state index in [1.807, 2.05) is 30.3 Å². The quantitative estimate of drug-likeness (QED) is 0.626. The Morgan fingerprint density at radius 1 is 1.25 bits per heavy atom. The topological polar surface area (TPSA) is 43.4 Å². The molecule has 0 spiro atoms. The van der Waals surface area contributed by atoms with Crippen molar-refractivity contribution in [2.45, 2.75) is 6.61 Å². The van der Waals surface area contributed by atoms with Crippen LogP contribution in [-0.2, 0) is 20.9 Å². The second-order valence-electron chi connectivity index (χ2n) is 1.86. The lowest BCUT2D eigenvalue weighted by Crippen LogP contribution is -1.87. The van der Waals surface area contributed by atoms with E-state index in [1.165, 1.54) is 6.47 Å². The van der Waals surface area contributed by atoms with Gasteiger partial charge in [-0.25, -0.2) is 4.79 Å². The molecule has 0 saturated carbocycles. The van der Waals surface area contributed by atoms with Gasteiger partial charge < -0.3 is 4.74 Å². The average Bonchev–Trinajstić information content (AvgIpc) is 2.19. The van der Waals surface area contributed by atoms with Crippen LogP contribution in [0.2, 0.25) is 0 Å². The summed E-state index contributed by atoms with van der Waals surface area (Å²) in [7, 11) is 0. The Hall–Kier alpha value is -1.64. The van der Waals surface area contributed by atoms with Gasteiger partial charge in [0.15, 0.2) is 6.79 Å². The van der Waals surface area contributed by atoms with Crippen LogP contribution in [0.25, 0.3) is 0 Å². The predicted molar refractivity (Wildman–Crippen MR) is 43.7 cm³/mol. The first-order chi connectivity index (χ1) is 5.93. The largest absolute Gasteiger partial charge is 0.452 e. The summed E-state index contributed by atoms with van der Waals surface area (Å²) in [5.41, 5.74) is 0.978. The van der Waals surface area contributed by atoms with Gasteiger partial charge in [0.1, 0.15) is 6.61 Å². The van der Waals surface area contributed by atoms with Crippen LogP contribution in [0.4, 0.5) is 0 Å². The first-order valence-corrected chi connectivity index (χ1v) is 3.20. The lowest BCUT2D eigenvalue weighted by Gasteiger charge is -1.95. The molecule has 0 aromatic heterocycles. The average molecular weight is 164 g/mol. The monoisotopic (exact) mass is 164 g/mol. The number of hydrogen-bond donors (Lipinski definition) is 0. The van der Waals surface area contributed by atoms with Gasteiger partial charge in [0.05, 0.1) is 0 Å². The van der Waals surface area contributed by atoms with Crippen molar-refractivity contribution in [2.24, 2.45) is 0 Å². The van der Waals surface area contributed by atoms with E-state index in [4.69, 9.17) is 4.79 Å². The van der Waals surface area contributed by atoms with Gasteiger partial charge in [0, 0.05) is 0 Å². The van der Waals surface area contributed by atoms with Crippen LogP contribution < -0.4 is 0 Å². The van der Waals surface area contributed by atoms with E-state index in [1.54, 1.807) is 0 Å². The van der Waals surface area contributed by atoms with Crippen molar-refractivity contribution in [3.63, 3.8) is 0 Å². The maximum Gasteiger partial charge on any atom is 0.417 e. The molecule has 0 aliphatic rings. The third kappa shape index (κ3) is 4.22. The molecule has 0 fully saturated rings. The Bertz CT molecular complexity index is 208. The fourth-order valence-electron chi connectivity index (χ4n) is 0.687. The summed E-state index contributed by atoms with van der Waals surface area (Å²) in [6, 6.07) is 9.47. The molecule has 0 heterocycles. The number of ether oxygens (including phenoxy) is 1. The zero-order valence-electron chi connectivity index (χ0n) is 6.40. The van der Waals surface area contributed by atoms with E-state index in [0.29, 0.717) is 6.61 Å². The second kappa shape index (κ2) is 7.47. The van der Waals surface area contributed by atoms with Crippen molar-refractivity contribution in [3.8, 4) is 0 Å². The van der Waals surface area contributed by atoms with Crippen LogP contribution in [0.1, 0.15) is 5.56 Å². The molecule has 0 aliphatic heterocycles. The van der Waals surface area contributed by atoms with E-state index in [9.17, 15) is 4.79 Å². The minimum absolute atomic E-state index is 0.310. The molecule has 0 N–H and O–H groups in total. The van der Waals surface area contributed by atoms with E-state index in [0.717, 1.165) is 5.56 Å². The van der Waals surface area contributed by atoms with Crippen molar-refractivity contribution >= 4 is 13.3 Å². The molecule has 2 radical (unpaired) electrons. The zero-order chi connectivity index (χ0) is 9.23. The van der Waals surface area contributed by atoms with E-state index < -0.39 is 0 Å². The SMILES string of the molecule is O=[C]OCc1ccccc1.[CH]=O. The van der Waals surface area contributed by atoms with Crippen molar-refractivity contribution < 1.29 is 14.3 Å². The van der Waals surface area contributed by atoms with Crippen LogP contribution in [0, 0.1) is 0 Å². The van der Waals surface area contributed by atoms with E-state index in [-0.39, 0.29) is 0 Å². The molecule has 0 aliphatic carbocycles. The van der Waals surface area contributed by atoms with Gasteiger partial charge in [-0.05, 0) is 5.56 Å². The van der Waals surface area contributed by atoms with Crippen molar-refractivity contribution in [1.82, 2.24) is 0 Å². The molecule has 0 atom stereocenters. The lowest BCUT2D eigenvalue weighted by molar-refractivity contribution is 0.267. The van der Waals surface area contributed by atoms with Crippen LogP contribution in [-0.4, -0.2) is 13.3 Å². The molecule has 0 bridgehead atoms. The molecule has 1 rings (SSSR count). The lowest BCUT2D eigenvalue weighted by atomic mass is 10.2. The highest BCUT2D eigenvalue weighted by molar-refractivity contribution is 5.38. The third-order valence-electron chi connectivity index (χ3n) is 1.14. The molecule has 1 aromatic carbocycles. The molecule has 0 amide bonds. The van der Waals surface area contributed by atoms with Crippen LogP contribution in [0.3, 0.4) is 0 Å². The number of benzene rings is 1. The van der Waals surface area contributed by atoms with Crippen LogP contribution in [0.5, 0.6) is 0 Å². The fourth-order valence-corrected chi connectivity index (χ4v) is 0.687. The Labute approximate surface area is 71.0 Å². The first kappa shape index (κ1) is 10.4. The molecule has 3 heteroatoms. The maximum absolute atomic E-state index is 9.63. The third-order valence-corrected chi connectivity index (χ3v) is 1.14. The van der Waals surface area contributed by atoms with Crippen LogP contribution in [0.15, 0.2) is 30.3 Å². The smallest absolute Gasteiger partial charge is 0.417 e. The highest BCUT2D eigenvalue weighted by Gasteiger charge is 1.88. The van der Waals surface area contributed by atoms with Crippen molar-refractivity contribution in [1.29, 1.82) is 0 Å². The Morgan fingerprint density at radius 3 is 2.33 bits per heavy atom. The molecule has 62 valence electrons. The van der Waals surface area contributed by atoms with E-state index >= 15 is 0 Å². The van der Waals surface area contributed by atoms with Gasteiger partial charge in [-0.2, -0.15) is 0 Å². The number of rotatable bonds is 3. The van der Waals surface area contributed by atoms with Gasteiger partial charge in [0.25, 0.3) is 0 Å². The summed E-state index contributed by atoms with van der Waals surface area (Å²) in [4.78, 5) is 17.4. The predicted octanol–water partition coefficient (Wildman–Crippen LogP) is 0.996. The van der Waals surface area contributed by atoms with Gasteiger partial charge in [-0.3, -0.25) is 4.79 Å². The minimum atomic E-state index is 0.310. The normalized spacial score (nSPS) is 7.67. The Morgan fingerprint density at radius 2 is 1.83 bits per heavy atom. The highest BCUT2D eigenvalue weighted by atomic mass is 16.5. The van der Waals surface area contributed by atoms with Crippen molar-refractivity contribution in [3.05, 3.63) is 35.9 Å². The standard InChI is InChI=1S/C8H7O2.CHO/c9-7-10-6-8-4-2-1-3-5-8;1-2/h1-5H,6H2;1H. The zero-order valence-corrected chi connectivity index (χ0v) is 6.40. The first-order valence-electron chi connectivity index (χ1n) is 3.20. The van der Waals surface area contributed by atoms with Gasteiger partial charge in [-0.1, -0.05) is 30.3 Å². The summed E-state index contributed by atoms with van der Waals surface area (Å²) in [5, 5.41) is 0. The van der Waals surface area contributed by atoms with Gasteiger partial charge in [0.2, 0.25) is 0 Å². The summed E-state index contributed by atoms with van der Waals surface area (Å²) >= 11 is 0. The van der Waals surface area contributed by atoms with Crippen molar-refractivity contribution in [2.75, 3.05) is 0 Å². The van der Waals surface area contributed by atoms with E-state index in [2.05, 4.69) is 11.5 Å². The summed E-state index contributed by atoms with van der Waals surface area (Å²) in [5.74, 6) is 0. The number of carbonyl (C=O) groups excluding carboxylic acids is 2. The van der Waals surface area contributed by atoms with Crippen LogP contribution >= 0.6 is 0 Å². The van der Waals surface area contributed by atoms with Gasteiger partial charge in [-0.15, -0.1) is 0 Å². The molecular weight excluding hydrogens is 156 g/mol. The number of hydrogen-bond acceptors (Lipinski definition) is 3. The second-order valence-corrected chi connectivity index (χ2v) is 1.86. The Kier molecular flexibility index (Phi) is 6.45. The molecule has 1 aromatic rings. The molecule has 3 nitrogen and oxygen atoms in total. The summed E-state index contributed by atoms with van der Waals surface area (Å²) in [6.07, 6.45) is 0. The highest BCUT2D eigenvalue weighted by Crippen LogP contribution is 1.98. The summed E-state index contributed by atoms with van der Waals surface area (Å²) < 4.78 is 4.41. The minimum Gasteiger partial charge on any atom is -0.452 e. The maximum atomic E-state index is 9.63. The molecular formula is C9H8O3. The molecule has 12 heavy (non-hydrogen) atoms. The Balaban J connectivity index is 0.000000561. The fraction of sp³-hybridized carbons (Fsp3) is 0.111. The van der Waals surface area contributed by atoms with Gasteiger partial charge >= 0.3 is 6.47 Å².